The summed E-state index contributed by atoms with van der Waals surface area (Å²) in [6.45, 7) is 2.00. The Morgan fingerprint density at radius 1 is 1.30 bits per heavy atom. The van der Waals surface area contributed by atoms with Crippen LogP contribution in [0.3, 0.4) is 0 Å². The summed E-state index contributed by atoms with van der Waals surface area (Å²) in [4.78, 5) is 0. The van der Waals surface area contributed by atoms with Gasteiger partial charge in [0.1, 0.15) is 0 Å². The van der Waals surface area contributed by atoms with Crippen LogP contribution in [0.5, 0.6) is 0 Å². The lowest BCUT2D eigenvalue weighted by molar-refractivity contribution is 0.508. The van der Waals surface area contributed by atoms with Crippen molar-refractivity contribution in [2.45, 2.75) is 25.0 Å². The summed E-state index contributed by atoms with van der Waals surface area (Å²) in [6.07, 6.45) is 0.543. The average molecular weight is 322 g/mol. The summed E-state index contributed by atoms with van der Waals surface area (Å²) in [7, 11) is 1.13. The van der Waals surface area contributed by atoms with E-state index >= 15 is 0 Å². The highest BCUT2D eigenvalue weighted by molar-refractivity contribution is 8.13. The molecule has 2 rings (SSSR count). The van der Waals surface area contributed by atoms with Gasteiger partial charge in [-0.15, -0.1) is 10.2 Å². The summed E-state index contributed by atoms with van der Waals surface area (Å²) in [5, 5.41) is 6.59. The monoisotopic (exact) mass is 321 g/mol. The van der Waals surface area contributed by atoms with Gasteiger partial charge in [-0.1, -0.05) is 13.0 Å². The Labute approximate surface area is 118 Å². The fourth-order valence-corrected chi connectivity index (χ4v) is 2.69. The van der Waals surface area contributed by atoms with Crippen LogP contribution in [0.25, 0.3) is 11.4 Å². The Hall–Kier alpha value is -1.54. The second kappa shape index (κ2) is 5.45. The molecule has 1 aromatic heterocycles. The van der Waals surface area contributed by atoms with Crippen LogP contribution >= 0.6 is 10.7 Å². The number of hydrogen-bond donors (Lipinski definition) is 0. The van der Waals surface area contributed by atoms with E-state index in [-0.39, 0.29) is 17.9 Å². The number of aromatic nitrogens is 3. The third-order valence-corrected chi connectivity index (χ3v) is 3.73. The summed E-state index contributed by atoms with van der Waals surface area (Å²) in [6, 6.07) is 3.55. The van der Waals surface area contributed by atoms with E-state index in [0.29, 0.717) is 6.42 Å². The molecule has 0 spiro atoms. The lowest BCUT2D eigenvalue weighted by atomic mass is 10.2. The summed E-state index contributed by atoms with van der Waals surface area (Å²) in [5.41, 5.74) is -0.169. The van der Waals surface area contributed by atoms with Gasteiger partial charge >= 0.3 is 0 Å². The van der Waals surface area contributed by atoms with Gasteiger partial charge in [0.2, 0.25) is 0 Å². The topological polar surface area (TPSA) is 64.8 Å². The van der Waals surface area contributed by atoms with Crippen LogP contribution in [0.1, 0.15) is 13.3 Å². The van der Waals surface area contributed by atoms with Crippen LogP contribution in [0.4, 0.5) is 8.78 Å². The van der Waals surface area contributed by atoms with Crippen LogP contribution in [-0.4, -0.2) is 23.2 Å². The molecular weight excluding hydrogens is 312 g/mol. The Bertz CT molecular complexity index is 746. The van der Waals surface area contributed by atoms with Gasteiger partial charge in [-0.3, -0.25) is 4.57 Å². The van der Waals surface area contributed by atoms with Crippen LogP contribution in [0.2, 0.25) is 0 Å². The van der Waals surface area contributed by atoms with Crippen molar-refractivity contribution < 1.29 is 17.2 Å². The lowest BCUT2D eigenvalue weighted by Crippen LogP contribution is -2.08. The van der Waals surface area contributed by atoms with Crippen molar-refractivity contribution in [3.05, 3.63) is 29.8 Å². The largest absolute Gasteiger partial charge is 0.297 e. The minimum Gasteiger partial charge on any atom is -0.297 e. The van der Waals surface area contributed by atoms with E-state index in [1.54, 1.807) is 6.92 Å². The molecule has 0 bridgehead atoms. The van der Waals surface area contributed by atoms with Crippen molar-refractivity contribution in [2.75, 3.05) is 0 Å². The first kappa shape index (κ1) is 14.9. The zero-order valence-corrected chi connectivity index (χ0v) is 11.9. The first-order valence-corrected chi connectivity index (χ1v) is 7.99. The predicted molar refractivity (Wildman–Crippen MR) is 68.7 cm³/mol. The zero-order valence-electron chi connectivity index (χ0n) is 10.3. The van der Waals surface area contributed by atoms with Crippen molar-refractivity contribution in [1.82, 2.24) is 14.8 Å². The highest BCUT2D eigenvalue weighted by atomic mass is 35.7. The number of rotatable bonds is 4. The molecular formula is C11H10ClF2N3O2S. The summed E-state index contributed by atoms with van der Waals surface area (Å²) < 4.78 is 51.0. The number of benzene rings is 1. The van der Waals surface area contributed by atoms with E-state index in [0.717, 1.165) is 10.6 Å². The second-order valence-electron chi connectivity index (χ2n) is 4.00. The van der Waals surface area contributed by atoms with Gasteiger partial charge in [0.15, 0.2) is 17.5 Å². The molecule has 20 heavy (non-hydrogen) atoms. The molecule has 0 saturated carbocycles. The molecule has 0 atom stereocenters. The maximum absolute atomic E-state index is 13.8. The zero-order chi connectivity index (χ0) is 14.9. The van der Waals surface area contributed by atoms with E-state index in [1.807, 2.05) is 0 Å². The SMILES string of the molecule is CCCn1c(-c2cccc(F)c2F)nnc1S(=O)(=O)Cl. The smallest absolute Gasteiger partial charge is 0.296 e. The Kier molecular flexibility index (Phi) is 4.05. The molecule has 0 fully saturated rings. The molecule has 1 heterocycles. The van der Waals surface area contributed by atoms with E-state index < -0.39 is 25.8 Å². The van der Waals surface area contributed by atoms with Crippen molar-refractivity contribution in [1.29, 1.82) is 0 Å². The standard InChI is InChI=1S/C11H10ClF2N3O2S/c1-2-6-17-10(15-16-11(17)20(12,18)19)7-4-3-5-8(13)9(7)14/h3-5H,2,6H2,1H3. The minimum atomic E-state index is -4.12. The van der Waals surface area contributed by atoms with Gasteiger partial charge < -0.3 is 0 Å². The van der Waals surface area contributed by atoms with E-state index in [1.165, 1.54) is 12.1 Å². The van der Waals surface area contributed by atoms with Gasteiger partial charge in [-0.2, -0.15) is 0 Å². The molecule has 0 amide bonds. The normalized spacial score (nSPS) is 11.8. The predicted octanol–water partition coefficient (Wildman–Crippen LogP) is 2.56. The van der Waals surface area contributed by atoms with Gasteiger partial charge in [0.25, 0.3) is 14.2 Å². The maximum atomic E-state index is 13.8. The molecule has 0 aliphatic heterocycles. The number of halogens is 3. The highest BCUT2D eigenvalue weighted by Gasteiger charge is 2.24. The van der Waals surface area contributed by atoms with Crippen molar-refractivity contribution in [3.63, 3.8) is 0 Å². The quantitative estimate of drug-likeness (QED) is 0.812. The van der Waals surface area contributed by atoms with Crippen molar-refractivity contribution in [2.24, 2.45) is 0 Å². The number of hydrogen-bond acceptors (Lipinski definition) is 4. The molecule has 0 unspecified atom stereocenters. The Morgan fingerprint density at radius 3 is 2.60 bits per heavy atom. The fraction of sp³-hybridized carbons (Fsp3) is 0.273. The molecule has 9 heteroatoms. The van der Waals surface area contributed by atoms with Gasteiger partial charge in [-0.25, -0.2) is 17.2 Å². The van der Waals surface area contributed by atoms with E-state index in [9.17, 15) is 17.2 Å². The molecule has 0 N–H and O–H groups in total. The van der Waals surface area contributed by atoms with Crippen molar-refractivity contribution >= 4 is 19.7 Å². The Balaban J connectivity index is 2.69. The molecule has 1 aromatic carbocycles. The molecule has 108 valence electrons. The number of nitrogens with zero attached hydrogens (tertiary/aromatic N) is 3. The summed E-state index contributed by atoms with van der Waals surface area (Å²) in [5.74, 6) is -2.25. The van der Waals surface area contributed by atoms with E-state index in [4.69, 9.17) is 10.7 Å². The molecule has 0 aliphatic rings. The first-order valence-electron chi connectivity index (χ1n) is 5.68. The van der Waals surface area contributed by atoms with Gasteiger partial charge in [-0.05, 0) is 18.6 Å². The Morgan fingerprint density at radius 2 is 2.00 bits per heavy atom. The van der Waals surface area contributed by atoms with Crippen LogP contribution in [0, 0.1) is 11.6 Å². The van der Waals surface area contributed by atoms with Crippen LogP contribution in [0.15, 0.2) is 23.4 Å². The van der Waals surface area contributed by atoms with Crippen molar-refractivity contribution in [3.8, 4) is 11.4 Å². The average Bonchev–Trinajstić information content (AvgIpc) is 2.77. The fourth-order valence-electron chi connectivity index (χ4n) is 1.77. The van der Waals surface area contributed by atoms with Gasteiger partial charge in [0.05, 0.1) is 5.56 Å². The van der Waals surface area contributed by atoms with Crippen LogP contribution in [-0.2, 0) is 15.6 Å². The van der Waals surface area contributed by atoms with Crippen LogP contribution < -0.4 is 0 Å². The minimum absolute atomic E-state index is 0.0805. The third-order valence-electron chi connectivity index (χ3n) is 2.57. The second-order valence-corrected chi connectivity index (χ2v) is 6.46. The molecule has 2 aromatic rings. The first-order chi connectivity index (χ1) is 9.36. The molecule has 0 radical (unpaired) electrons. The third kappa shape index (κ3) is 2.66. The molecule has 5 nitrogen and oxygen atoms in total. The molecule has 0 aliphatic carbocycles. The van der Waals surface area contributed by atoms with E-state index in [2.05, 4.69) is 10.2 Å². The van der Waals surface area contributed by atoms with Gasteiger partial charge in [0, 0.05) is 17.2 Å². The highest BCUT2D eigenvalue weighted by Crippen LogP contribution is 2.26. The maximum Gasteiger partial charge on any atom is 0.296 e. The lowest BCUT2D eigenvalue weighted by Gasteiger charge is -2.08. The summed E-state index contributed by atoms with van der Waals surface area (Å²) >= 11 is 0. The molecule has 0 saturated heterocycles.